The number of ether oxygens (including phenoxy) is 1. The molecule has 4 heteroatoms. The second-order valence-electron chi connectivity index (χ2n) is 2.25. The maximum atomic E-state index is 11.1. The van der Waals surface area contributed by atoms with E-state index in [0.717, 1.165) is 12.0 Å². The third kappa shape index (κ3) is 1.62. The van der Waals surface area contributed by atoms with Crippen molar-refractivity contribution in [2.24, 2.45) is 0 Å². The molecule has 0 aliphatic rings. The Kier molecular flexibility index (Phi) is 3.12. The minimum Gasteiger partial charge on any atom is -0.465 e. The van der Waals surface area contributed by atoms with Crippen molar-refractivity contribution in [3.8, 4) is 0 Å². The van der Waals surface area contributed by atoms with Gasteiger partial charge in [0, 0.05) is 0 Å². The van der Waals surface area contributed by atoms with Gasteiger partial charge in [0.1, 0.15) is 4.88 Å². The number of hydrogen-bond donors (Lipinski definition) is 0. The summed E-state index contributed by atoms with van der Waals surface area (Å²) < 4.78 is 4.56. The lowest BCUT2D eigenvalue weighted by Gasteiger charge is -1.95. The molecule has 0 N–H and O–H groups in total. The molecule has 0 bridgehead atoms. The lowest BCUT2D eigenvalue weighted by Crippen LogP contribution is -1.98. The van der Waals surface area contributed by atoms with Gasteiger partial charge < -0.3 is 4.74 Å². The fourth-order valence-corrected chi connectivity index (χ4v) is 2.27. The predicted molar refractivity (Wildman–Crippen MR) is 50.0 cm³/mol. The van der Waals surface area contributed by atoms with Crippen molar-refractivity contribution in [3.63, 3.8) is 0 Å². The van der Waals surface area contributed by atoms with Crippen LogP contribution in [-0.2, 0) is 11.2 Å². The fourth-order valence-electron chi connectivity index (χ4n) is 0.848. The van der Waals surface area contributed by atoms with Crippen molar-refractivity contribution in [1.29, 1.82) is 0 Å². The molecule has 0 atom stereocenters. The molecule has 0 radical (unpaired) electrons. The van der Waals surface area contributed by atoms with E-state index in [4.69, 9.17) is 11.6 Å². The molecule has 0 aliphatic carbocycles. The van der Waals surface area contributed by atoms with Crippen LogP contribution in [0.3, 0.4) is 0 Å². The van der Waals surface area contributed by atoms with Gasteiger partial charge in [-0.1, -0.05) is 18.5 Å². The van der Waals surface area contributed by atoms with Crippen LogP contribution in [0.1, 0.15) is 22.2 Å². The van der Waals surface area contributed by atoms with Crippen molar-refractivity contribution in [3.05, 3.63) is 20.8 Å². The first-order valence-electron chi connectivity index (χ1n) is 3.54. The van der Waals surface area contributed by atoms with Gasteiger partial charge in [-0.2, -0.15) is 0 Å². The number of aryl methyl sites for hydroxylation is 1. The topological polar surface area (TPSA) is 26.3 Å². The second kappa shape index (κ2) is 3.92. The average Bonchev–Trinajstić information content (AvgIpc) is 2.45. The van der Waals surface area contributed by atoms with Gasteiger partial charge in [0.15, 0.2) is 0 Å². The fraction of sp³-hybridized carbons (Fsp3) is 0.375. The van der Waals surface area contributed by atoms with E-state index in [1.54, 1.807) is 0 Å². The number of carbonyl (C=O) groups is 1. The SMILES string of the molecule is CCc1csc(C(=O)OC)c1Cl. The Labute approximate surface area is 80.1 Å². The first kappa shape index (κ1) is 9.55. The summed E-state index contributed by atoms with van der Waals surface area (Å²) >= 11 is 7.23. The molecule has 0 aromatic carbocycles. The molecule has 12 heavy (non-hydrogen) atoms. The Bertz CT molecular complexity index is 293. The van der Waals surface area contributed by atoms with Crippen molar-refractivity contribution in [1.82, 2.24) is 0 Å². The number of halogens is 1. The van der Waals surface area contributed by atoms with Crippen LogP contribution in [0.5, 0.6) is 0 Å². The van der Waals surface area contributed by atoms with Crippen molar-refractivity contribution < 1.29 is 9.53 Å². The molecule has 1 heterocycles. The van der Waals surface area contributed by atoms with Crippen LogP contribution >= 0.6 is 22.9 Å². The molecule has 0 saturated carbocycles. The zero-order valence-electron chi connectivity index (χ0n) is 6.89. The van der Waals surface area contributed by atoms with Gasteiger partial charge in [0.05, 0.1) is 12.1 Å². The highest BCUT2D eigenvalue weighted by molar-refractivity contribution is 7.12. The number of rotatable bonds is 2. The normalized spacial score (nSPS) is 9.92. The molecule has 66 valence electrons. The number of methoxy groups -OCH3 is 1. The van der Waals surface area contributed by atoms with Gasteiger partial charge in [0.2, 0.25) is 0 Å². The van der Waals surface area contributed by atoms with E-state index in [0.29, 0.717) is 9.90 Å². The quantitative estimate of drug-likeness (QED) is 0.693. The Hall–Kier alpha value is -0.540. The zero-order valence-corrected chi connectivity index (χ0v) is 8.46. The standard InChI is InChI=1S/C8H9ClO2S/c1-3-5-4-12-7(6(5)9)8(10)11-2/h4H,3H2,1-2H3. The first-order valence-corrected chi connectivity index (χ1v) is 4.80. The van der Waals surface area contributed by atoms with Gasteiger partial charge in [0.25, 0.3) is 0 Å². The summed E-state index contributed by atoms with van der Waals surface area (Å²) in [6.07, 6.45) is 0.840. The Morgan fingerprint density at radius 1 is 1.75 bits per heavy atom. The molecule has 1 aromatic heterocycles. The third-order valence-electron chi connectivity index (χ3n) is 1.55. The van der Waals surface area contributed by atoms with E-state index in [9.17, 15) is 4.79 Å². The van der Waals surface area contributed by atoms with Crippen LogP contribution < -0.4 is 0 Å². The molecular weight excluding hydrogens is 196 g/mol. The minimum atomic E-state index is -0.357. The number of thiophene rings is 1. The Morgan fingerprint density at radius 3 is 2.83 bits per heavy atom. The minimum absolute atomic E-state index is 0.357. The largest absolute Gasteiger partial charge is 0.465 e. The summed E-state index contributed by atoms with van der Waals surface area (Å²) in [5, 5.41) is 2.42. The van der Waals surface area contributed by atoms with Crippen molar-refractivity contribution in [2.45, 2.75) is 13.3 Å². The van der Waals surface area contributed by atoms with Gasteiger partial charge >= 0.3 is 5.97 Å². The lowest BCUT2D eigenvalue weighted by atomic mass is 10.2. The van der Waals surface area contributed by atoms with Crippen LogP contribution in [-0.4, -0.2) is 13.1 Å². The van der Waals surface area contributed by atoms with Crippen molar-refractivity contribution in [2.75, 3.05) is 7.11 Å². The van der Waals surface area contributed by atoms with E-state index >= 15 is 0 Å². The summed E-state index contributed by atoms with van der Waals surface area (Å²) in [5.74, 6) is -0.357. The highest BCUT2D eigenvalue weighted by Crippen LogP contribution is 2.28. The molecular formula is C8H9ClO2S. The molecule has 0 amide bonds. The van der Waals surface area contributed by atoms with Gasteiger partial charge in [-0.25, -0.2) is 4.79 Å². The molecule has 1 rings (SSSR count). The monoisotopic (exact) mass is 204 g/mol. The molecule has 2 nitrogen and oxygen atoms in total. The summed E-state index contributed by atoms with van der Waals surface area (Å²) in [4.78, 5) is 11.6. The summed E-state index contributed by atoms with van der Waals surface area (Å²) in [6.45, 7) is 2.00. The van der Waals surface area contributed by atoms with Crippen LogP contribution in [0, 0.1) is 0 Å². The molecule has 0 spiro atoms. The molecule has 0 unspecified atom stereocenters. The Balaban J connectivity index is 3.02. The maximum absolute atomic E-state index is 11.1. The highest BCUT2D eigenvalue weighted by Gasteiger charge is 2.15. The molecule has 0 aliphatic heterocycles. The van der Waals surface area contributed by atoms with E-state index in [1.165, 1.54) is 18.4 Å². The summed E-state index contributed by atoms with van der Waals surface area (Å²) in [7, 11) is 1.35. The lowest BCUT2D eigenvalue weighted by molar-refractivity contribution is 0.0606. The maximum Gasteiger partial charge on any atom is 0.349 e. The van der Waals surface area contributed by atoms with E-state index < -0.39 is 0 Å². The Morgan fingerprint density at radius 2 is 2.42 bits per heavy atom. The van der Waals surface area contributed by atoms with Crippen molar-refractivity contribution >= 4 is 28.9 Å². The van der Waals surface area contributed by atoms with Crippen LogP contribution in [0.25, 0.3) is 0 Å². The number of carbonyl (C=O) groups excluding carboxylic acids is 1. The molecule has 0 saturated heterocycles. The van der Waals surface area contributed by atoms with Gasteiger partial charge in [-0.05, 0) is 17.4 Å². The second-order valence-corrected chi connectivity index (χ2v) is 3.51. The van der Waals surface area contributed by atoms with Gasteiger partial charge in [-0.15, -0.1) is 11.3 Å². The van der Waals surface area contributed by atoms with Crippen LogP contribution in [0.4, 0.5) is 0 Å². The molecule has 0 fully saturated rings. The molecule has 1 aromatic rings. The number of esters is 1. The summed E-state index contributed by atoms with van der Waals surface area (Å²) in [6, 6.07) is 0. The van der Waals surface area contributed by atoms with Crippen LogP contribution in [0.15, 0.2) is 5.38 Å². The van der Waals surface area contributed by atoms with Crippen LogP contribution in [0.2, 0.25) is 5.02 Å². The smallest absolute Gasteiger partial charge is 0.349 e. The predicted octanol–water partition coefficient (Wildman–Crippen LogP) is 2.75. The van der Waals surface area contributed by atoms with E-state index in [1.807, 2.05) is 12.3 Å². The zero-order chi connectivity index (χ0) is 9.14. The van der Waals surface area contributed by atoms with E-state index in [2.05, 4.69) is 4.74 Å². The highest BCUT2D eigenvalue weighted by atomic mass is 35.5. The van der Waals surface area contributed by atoms with Gasteiger partial charge in [-0.3, -0.25) is 0 Å². The summed E-state index contributed by atoms with van der Waals surface area (Å²) in [5.41, 5.74) is 1.00. The van der Waals surface area contributed by atoms with E-state index in [-0.39, 0.29) is 5.97 Å². The first-order chi connectivity index (χ1) is 5.70. The number of hydrogen-bond acceptors (Lipinski definition) is 3. The third-order valence-corrected chi connectivity index (χ3v) is 3.10. The average molecular weight is 205 g/mol.